The molecular formula is C14H11F3N2OS. The Morgan fingerprint density at radius 3 is 2.48 bits per heavy atom. The summed E-state index contributed by atoms with van der Waals surface area (Å²) in [6, 6.07) is 6.92. The zero-order chi connectivity index (χ0) is 15.4. The molecular weight excluding hydrogens is 301 g/mol. The van der Waals surface area contributed by atoms with E-state index in [1.807, 2.05) is 0 Å². The van der Waals surface area contributed by atoms with Crippen LogP contribution in [0.5, 0.6) is 0 Å². The molecule has 0 fully saturated rings. The maximum atomic E-state index is 13.5. The van der Waals surface area contributed by atoms with Crippen molar-refractivity contribution < 1.29 is 18.4 Å². The quantitative estimate of drug-likeness (QED) is 0.299. The van der Waals surface area contributed by atoms with E-state index in [0.29, 0.717) is 5.56 Å². The van der Waals surface area contributed by atoms with Crippen LogP contribution in [0.3, 0.4) is 0 Å². The first-order valence-electron chi connectivity index (χ1n) is 5.85. The molecule has 0 amide bonds. The first-order chi connectivity index (χ1) is 10.0. The van der Waals surface area contributed by atoms with Gasteiger partial charge in [-0.15, -0.1) is 11.8 Å². The maximum Gasteiger partial charge on any atom is 0.170 e. The van der Waals surface area contributed by atoms with Crippen LogP contribution in [-0.4, -0.2) is 11.0 Å². The number of oxime groups is 1. The number of amidine groups is 1. The predicted octanol–water partition coefficient (Wildman–Crippen LogP) is 3.49. The molecule has 0 aliphatic rings. The Labute approximate surface area is 123 Å². The largest absolute Gasteiger partial charge is 0.409 e. The van der Waals surface area contributed by atoms with Crippen molar-refractivity contribution >= 4 is 17.6 Å². The van der Waals surface area contributed by atoms with Crippen molar-refractivity contribution in [2.24, 2.45) is 10.9 Å². The van der Waals surface area contributed by atoms with Crippen molar-refractivity contribution in [3.05, 3.63) is 65.0 Å². The van der Waals surface area contributed by atoms with Gasteiger partial charge in [0.25, 0.3) is 0 Å². The van der Waals surface area contributed by atoms with Crippen LogP contribution in [-0.2, 0) is 5.75 Å². The smallest absolute Gasteiger partial charge is 0.170 e. The first kappa shape index (κ1) is 15.2. The van der Waals surface area contributed by atoms with Crippen LogP contribution in [0.15, 0.2) is 46.4 Å². The summed E-state index contributed by atoms with van der Waals surface area (Å²) in [5, 5.41) is 11.5. The average molecular weight is 312 g/mol. The van der Waals surface area contributed by atoms with E-state index in [0.717, 1.165) is 36.0 Å². The summed E-state index contributed by atoms with van der Waals surface area (Å²) in [7, 11) is 0. The van der Waals surface area contributed by atoms with Crippen molar-refractivity contribution in [2.75, 3.05) is 0 Å². The van der Waals surface area contributed by atoms with Crippen molar-refractivity contribution in [1.29, 1.82) is 0 Å². The lowest BCUT2D eigenvalue weighted by molar-refractivity contribution is 0.318. The molecule has 0 unspecified atom stereocenters. The van der Waals surface area contributed by atoms with Gasteiger partial charge in [-0.2, -0.15) is 0 Å². The summed E-state index contributed by atoms with van der Waals surface area (Å²) in [6.45, 7) is 0. The summed E-state index contributed by atoms with van der Waals surface area (Å²) in [5.41, 5.74) is 6.23. The number of benzene rings is 2. The molecule has 3 N–H and O–H groups in total. The number of hydrogen-bond donors (Lipinski definition) is 2. The fraction of sp³-hybridized carbons (Fsp3) is 0.0714. The van der Waals surface area contributed by atoms with E-state index < -0.39 is 17.5 Å². The van der Waals surface area contributed by atoms with Gasteiger partial charge in [0.2, 0.25) is 0 Å². The van der Waals surface area contributed by atoms with Crippen LogP contribution in [0.2, 0.25) is 0 Å². The second-order valence-electron chi connectivity index (χ2n) is 4.15. The summed E-state index contributed by atoms with van der Waals surface area (Å²) < 4.78 is 39.8. The van der Waals surface area contributed by atoms with Crippen molar-refractivity contribution in [3.63, 3.8) is 0 Å². The summed E-state index contributed by atoms with van der Waals surface area (Å²) in [5.74, 6) is -1.66. The number of thioether (sulfide) groups is 1. The molecule has 0 aliphatic carbocycles. The number of halogens is 3. The van der Waals surface area contributed by atoms with Crippen molar-refractivity contribution in [2.45, 2.75) is 10.6 Å². The van der Waals surface area contributed by atoms with Gasteiger partial charge in [-0.1, -0.05) is 11.2 Å². The van der Waals surface area contributed by atoms with Crippen LogP contribution >= 0.6 is 11.8 Å². The first-order valence-corrected chi connectivity index (χ1v) is 6.84. The minimum atomic E-state index is -0.547. The van der Waals surface area contributed by atoms with Gasteiger partial charge in [-0.25, -0.2) is 13.2 Å². The highest BCUT2D eigenvalue weighted by molar-refractivity contribution is 7.98. The van der Waals surface area contributed by atoms with Gasteiger partial charge in [-0.05, 0) is 35.9 Å². The SMILES string of the molecule is NC(=NO)c1cc(F)ccc1CSc1cc(F)ccc1F. The van der Waals surface area contributed by atoms with E-state index in [1.54, 1.807) is 0 Å². The highest BCUT2D eigenvalue weighted by Crippen LogP contribution is 2.27. The van der Waals surface area contributed by atoms with Gasteiger partial charge in [0.1, 0.15) is 17.5 Å². The second kappa shape index (κ2) is 6.53. The van der Waals surface area contributed by atoms with Crippen LogP contribution in [0.1, 0.15) is 11.1 Å². The number of nitrogens with two attached hydrogens (primary N) is 1. The standard InChI is InChI=1S/C14H11F3N2OS/c15-9-2-1-8(11(5-9)14(18)19-20)7-21-13-6-10(16)3-4-12(13)17/h1-6,20H,7H2,(H2,18,19). The predicted molar refractivity (Wildman–Crippen MR) is 74.8 cm³/mol. The fourth-order valence-electron chi connectivity index (χ4n) is 1.71. The van der Waals surface area contributed by atoms with Crippen molar-refractivity contribution in [3.8, 4) is 0 Å². The molecule has 0 aromatic heterocycles. The third-order valence-electron chi connectivity index (χ3n) is 2.73. The molecule has 2 rings (SSSR count). The van der Waals surface area contributed by atoms with Crippen LogP contribution in [0, 0.1) is 17.5 Å². The van der Waals surface area contributed by atoms with E-state index in [1.165, 1.54) is 12.1 Å². The number of hydrogen-bond acceptors (Lipinski definition) is 3. The zero-order valence-electron chi connectivity index (χ0n) is 10.7. The van der Waals surface area contributed by atoms with Gasteiger partial charge in [0.05, 0.1) is 0 Å². The highest BCUT2D eigenvalue weighted by Gasteiger charge is 2.11. The van der Waals surface area contributed by atoms with Crippen LogP contribution < -0.4 is 5.73 Å². The highest BCUT2D eigenvalue weighted by atomic mass is 32.2. The van der Waals surface area contributed by atoms with Crippen LogP contribution in [0.4, 0.5) is 13.2 Å². The molecule has 110 valence electrons. The molecule has 0 heterocycles. The molecule has 2 aromatic carbocycles. The molecule has 0 saturated heterocycles. The number of nitrogens with zero attached hydrogens (tertiary/aromatic N) is 1. The van der Waals surface area contributed by atoms with E-state index in [9.17, 15) is 13.2 Å². The minimum Gasteiger partial charge on any atom is -0.409 e. The molecule has 21 heavy (non-hydrogen) atoms. The van der Waals surface area contributed by atoms with Crippen LogP contribution in [0.25, 0.3) is 0 Å². The lowest BCUT2D eigenvalue weighted by Crippen LogP contribution is -2.15. The maximum absolute atomic E-state index is 13.5. The Hall–Kier alpha value is -2.15. The molecule has 0 saturated carbocycles. The molecule has 3 nitrogen and oxygen atoms in total. The molecule has 0 atom stereocenters. The normalized spacial score (nSPS) is 11.7. The molecule has 0 aliphatic heterocycles. The summed E-state index contributed by atoms with van der Waals surface area (Å²) in [6.07, 6.45) is 0. The Balaban J connectivity index is 2.26. The monoisotopic (exact) mass is 312 g/mol. The summed E-state index contributed by atoms with van der Waals surface area (Å²) in [4.78, 5) is 0.129. The van der Waals surface area contributed by atoms with Gasteiger partial charge in [0, 0.05) is 16.2 Å². The minimum absolute atomic E-state index is 0.129. The lowest BCUT2D eigenvalue weighted by Gasteiger charge is -2.09. The van der Waals surface area contributed by atoms with Gasteiger partial charge in [0.15, 0.2) is 5.84 Å². The lowest BCUT2D eigenvalue weighted by atomic mass is 10.1. The topological polar surface area (TPSA) is 58.6 Å². The van der Waals surface area contributed by atoms with Gasteiger partial charge < -0.3 is 10.9 Å². The Kier molecular flexibility index (Phi) is 4.74. The Morgan fingerprint density at radius 2 is 1.76 bits per heavy atom. The third-order valence-corrected chi connectivity index (χ3v) is 3.81. The molecule has 0 bridgehead atoms. The Morgan fingerprint density at radius 1 is 1.10 bits per heavy atom. The third kappa shape index (κ3) is 3.69. The van der Waals surface area contributed by atoms with Crippen molar-refractivity contribution in [1.82, 2.24) is 0 Å². The number of rotatable bonds is 4. The molecule has 0 spiro atoms. The van der Waals surface area contributed by atoms with Gasteiger partial charge >= 0.3 is 0 Å². The zero-order valence-corrected chi connectivity index (χ0v) is 11.5. The van der Waals surface area contributed by atoms with E-state index >= 15 is 0 Å². The fourth-order valence-corrected chi connectivity index (χ4v) is 2.67. The van der Waals surface area contributed by atoms with E-state index in [2.05, 4.69) is 5.16 Å². The average Bonchev–Trinajstić information content (AvgIpc) is 2.48. The summed E-state index contributed by atoms with van der Waals surface area (Å²) >= 11 is 1.03. The molecule has 0 radical (unpaired) electrons. The molecule has 7 heteroatoms. The van der Waals surface area contributed by atoms with E-state index in [4.69, 9.17) is 10.9 Å². The van der Waals surface area contributed by atoms with Gasteiger partial charge in [-0.3, -0.25) is 0 Å². The van der Waals surface area contributed by atoms with E-state index in [-0.39, 0.29) is 22.0 Å². The molecule has 2 aromatic rings. The Bertz CT molecular complexity index is 692. The second-order valence-corrected chi connectivity index (χ2v) is 5.17.